The highest BCUT2D eigenvalue weighted by Gasteiger charge is 2.29. The molecule has 0 radical (unpaired) electrons. The molecule has 0 saturated carbocycles. The smallest absolute Gasteiger partial charge is 0.282 e. The van der Waals surface area contributed by atoms with Gasteiger partial charge in [0.25, 0.3) is 5.91 Å². The number of nitrogens with zero attached hydrogens (tertiary/aromatic N) is 1. The van der Waals surface area contributed by atoms with Crippen molar-refractivity contribution in [1.29, 1.82) is 0 Å². The predicted molar refractivity (Wildman–Crippen MR) is 105 cm³/mol. The third-order valence-electron chi connectivity index (χ3n) is 5.04. The van der Waals surface area contributed by atoms with E-state index < -0.39 is 0 Å². The van der Waals surface area contributed by atoms with Crippen LogP contribution in [0.3, 0.4) is 0 Å². The monoisotopic (exact) mass is 372 g/mol. The summed E-state index contributed by atoms with van der Waals surface area (Å²) in [5.74, 6) is 0.595. The molecule has 1 amide bonds. The molecule has 3 rings (SSSR count). The average molecular weight is 372 g/mol. The Morgan fingerprint density at radius 3 is 2.37 bits per heavy atom. The van der Waals surface area contributed by atoms with E-state index in [-0.39, 0.29) is 17.8 Å². The van der Waals surface area contributed by atoms with Gasteiger partial charge in [-0.3, -0.25) is 4.79 Å². The number of halogens is 1. The standard InChI is InChI=1S/C21H26FN3O2/c1-3-27-20-10-6-18(7-11-20)23-21(26)16(2)24-12-14-25(15-13-24)19-8-4-17(22)5-9-19/h4-11,16H,3,12-15H2,1-2H3,(H,23,26)/p+1/t16-/m0/s1. The van der Waals surface area contributed by atoms with Crippen LogP contribution in [0.2, 0.25) is 0 Å². The van der Waals surface area contributed by atoms with E-state index in [1.54, 1.807) is 0 Å². The van der Waals surface area contributed by atoms with Crippen LogP contribution in [0, 0.1) is 5.82 Å². The Bertz CT molecular complexity index is 741. The lowest BCUT2D eigenvalue weighted by Crippen LogP contribution is -3.19. The number of amides is 1. The zero-order valence-electron chi connectivity index (χ0n) is 15.9. The van der Waals surface area contributed by atoms with Crippen LogP contribution in [0.1, 0.15) is 13.8 Å². The molecule has 1 aliphatic heterocycles. The number of hydrogen-bond acceptors (Lipinski definition) is 3. The van der Waals surface area contributed by atoms with Crippen LogP contribution in [0.15, 0.2) is 48.5 Å². The molecule has 0 bridgehead atoms. The largest absolute Gasteiger partial charge is 0.494 e. The van der Waals surface area contributed by atoms with Gasteiger partial charge in [-0.05, 0) is 62.4 Å². The van der Waals surface area contributed by atoms with Crippen molar-refractivity contribution < 1.29 is 18.8 Å². The first-order chi connectivity index (χ1) is 13.1. The molecule has 0 unspecified atom stereocenters. The molecule has 2 aromatic carbocycles. The minimum Gasteiger partial charge on any atom is -0.494 e. The van der Waals surface area contributed by atoms with Crippen LogP contribution in [0.4, 0.5) is 15.8 Å². The number of benzene rings is 2. The summed E-state index contributed by atoms with van der Waals surface area (Å²) < 4.78 is 18.5. The fourth-order valence-corrected chi connectivity index (χ4v) is 3.37. The van der Waals surface area contributed by atoms with Gasteiger partial charge >= 0.3 is 0 Å². The lowest BCUT2D eigenvalue weighted by atomic mass is 10.2. The molecule has 144 valence electrons. The van der Waals surface area contributed by atoms with Crippen molar-refractivity contribution in [2.24, 2.45) is 0 Å². The highest BCUT2D eigenvalue weighted by Crippen LogP contribution is 2.16. The Morgan fingerprint density at radius 1 is 1.15 bits per heavy atom. The van der Waals surface area contributed by atoms with E-state index in [0.717, 1.165) is 43.3 Å². The van der Waals surface area contributed by atoms with E-state index >= 15 is 0 Å². The lowest BCUT2D eigenvalue weighted by Gasteiger charge is -2.36. The summed E-state index contributed by atoms with van der Waals surface area (Å²) in [4.78, 5) is 16.1. The summed E-state index contributed by atoms with van der Waals surface area (Å²) in [5, 5.41) is 2.99. The van der Waals surface area contributed by atoms with Crippen LogP contribution in [0.5, 0.6) is 5.75 Å². The zero-order valence-corrected chi connectivity index (χ0v) is 15.9. The molecule has 0 aliphatic carbocycles. The van der Waals surface area contributed by atoms with Crippen LogP contribution < -0.4 is 19.9 Å². The van der Waals surface area contributed by atoms with Crippen LogP contribution in [-0.2, 0) is 4.79 Å². The van der Waals surface area contributed by atoms with Gasteiger partial charge in [-0.15, -0.1) is 0 Å². The number of nitrogens with one attached hydrogen (secondary N) is 2. The summed E-state index contributed by atoms with van der Waals surface area (Å²) in [6, 6.07) is 13.9. The molecule has 27 heavy (non-hydrogen) atoms. The van der Waals surface area contributed by atoms with Crippen molar-refractivity contribution in [2.75, 3.05) is 43.0 Å². The van der Waals surface area contributed by atoms with Gasteiger partial charge in [0.1, 0.15) is 11.6 Å². The molecule has 1 heterocycles. The molecule has 6 heteroatoms. The van der Waals surface area contributed by atoms with E-state index in [1.165, 1.54) is 17.0 Å². The average Bonchev–Trinajstić information content (AvgIpc) is 2.70. The second kappa shape index (κ2) is 8.86. The van der Waals surface area contributed by atoms with E-state index in [2.05, 4.69) is 10.2 Å². The number of carbonyl (C=O) groups is 1. The molecule has 1 saturated heterocycles. The van der Waals surface area contributed by atoms with Gasteiger partial charge in [0.05, 0.1) is 32.8 Å². The first-order valence-electron chi connectivity index (χ1n) is 9.45. The number of carbonyl (C=O) groups excluding carboxylic acids is 1. The number of rotatable bonds is 6. The van der Waals surface area contributed by atoms with Crippen molar-refractivity contribution in [2.45, 2.75) is 19.9 Å². The van der Waals surface area contributed by atoms with E-state index in [0.29, 0.717) is 6.61 Å². The predicted octanol–water partition coefficient (Wildman–Crippen LogP) is 1.96. The Labute approximate surface area is 159 Å². The highest BCUT2D eigenvalue weighted by molar-refractivity contribution is 5.93. The molecule has 1 atom stereocenters. The zero-order chi connectivity index (χ0) is 19.2. The van der Waals surface area contributed by atoms with Crippen molar-refractivity contribution in [1.82, 2.24) is 0 Å². The number of piperazine rings is 1. The lowest BCUT2D eigenvalue weighted by molar-refractivity contribution is -0.914. The van der Waals surface area contributed by atoms with Crippen molar-refractivity contribution in [3.8, 4) is 5.75 Å². The SMILES string of the molecule is CCOc1ccc(NC(=O)[C@H](C)[NH+]2CCN(c3ccc(F)cc3)CC2)cc1. The van der Waals surface area contributed by atoms with E-state index in [1.807, 2.05) is 50.2 Å². The Kier molecular flexibility index (Phi) is 6.29. The van der Waals surface area contributed by atoms with Crippen LogP contribution >= 0.6 is 0 Å². The van der Waals surface area contributed by atoms with E-state index in [4.69, 9.17) is 4.74 Å². The van der Waals surface area contributed by atoms with Crippen molar-refractivity contribution >= 4 is 17.3 Å². The second-order valence-corrected chi connectivity index (χ2v) is 6.79. The fraction of sp³-hybridized carbons (Fsp3) is 0.381. The molecule has 0 aromatic heterocycles. The number of hydrogen-bond donors (Lipinski definition) is 2. The summed E-state index contributed by atoms with van der Waals surface area (Å²) >= 11 is 0. The third-order valence-corrected chi connectivity index (χ3v) is 5.04. The number of ether oxygens (including phenoxy) is 1. The minimum absolute atomic E-state index is 0.0180. The Balaban J connectivity index is 1.51. The van der Waals surface area contributed by atoms with Crippen molar-refractivity contribution in [3.63, 3.8) is 0 Å². The minimum atomic E-state index is -0.220. The molecule has 5 nitrogen and oxygen atoms in total. The second-order valence-electron chi connectivity index (χ2n) is 6.79. The Morgan fingerprint density at radius 2 is 1.78 bits per heavy atom. The van der Waals surface area contributed by atoms with Crippen LogP contribution in [-0.4, -0.2) is 44.7 Å². The molecule has 2 aromatic rings. The summed E-state index contributed by atoms with van der Waals surface area (Å²) in [6.07, 6.45) is 0. The molecule has 0 spiro atoms. The van der Waals surface area contributed by atoms with Gasteiger partial charge in [-0.1, -0.05) is 0 Å². The third kappa shape index (κ3) is 4.98. The van der Waals surface area contributed by atoms with Gasteiger partial charge in [0.15, 0.2) is 6.04 Å². The molecular formula is C21H27FN3O2+. The maximum atomic E-state index is 13.1. The maximum absolute atomic E-state index is 13.1. The molecule has 1 fully saturated rings. The Hall–Kier alpha value is -2.60. The van der Waals surface area contributed by atoms with Gasteiger partial charge < -0.3 is 19.9 Å². The van der Waals surface area contributed by atoms with Gasteiger partial charge in [0, 0.05) is 11.4 Å². The normalized spacial score (nSPS) is 16.0. The van der Waals surface area contributed by atoms with E-state index in [9.17, 15) is 9.18 Å². The maximum Gasteiger partial charge on any atom is 0.282 e. The molecule has 1 aliphatic rings. The van der Waals surface area contributed by atoms with Gasteiger partial charge in [-0.2, -0.15) is 0 Å². The topological polar surface area (TPSA) is 46.0 Å². The first-order valence-corrected chi connectivity index (χ1v) is 9.45. The summed E-state index contributed by atoms with van der Waals surface area (Å²) in [7, 11) is 0. The number of quaternary nitrogens is 1. The number of anilines is 2. The summed E-state index contributed by atoms with van der Waals surface area (Å²) in [5.41, 5.74) is 1.81. The van der Waals surface area contributed by atoms with Crippen molar-refractivity contribution in [3.05, 3.63) is 54.3 Å². The molecule has 2 N–H and O–H groups in total. The molecular weight excluding hydrogens is 345 g/mol. The van der Waals surface area contributed by atoms with Gasteiger partial charge in [-0.25, -0.2) is 4.39 Å². The first kappa shape index (κ1) is 19.2. The van der Waals surface area contributed by atoms with Crippen LogP contribution in [0.25, 0.3) is 0 Å². The quantitative estimate of drug-likeness (QED) is 0.815. The fourth-order valence-electron chi connectivity index (χ4n) is 3.37. The highest BCUT2D eigenvalue weighted by atomic mass is 19.1. The van der Waals surface area contributed by atoms with Gasteiger partial charge in [0.2, 0.25) is 0 Å². The summed E-state index contributed by atoms with van der Waals surface area (Å²) in [6.45, 7) is 7.96.